The molecule has 1 aliphatic heterocycles. The molecular formula is C18H27ClN2. The quantitative estimate of drug-likeness (QED) is 0.851. The van der Waals surface area contributed by atoms with Gasteiger partial charge in [-0.05, 0) is 61.9 Å². The van der Waals surface area contributed by atoms with Gasteiger partial charge in [-0.1, -0.05) is 37.1 Å². The molecular weight excluding hydrogens is 280 g/mol. The molecule has 2 nitrogen and oxygen atoms in total. The molecule has 1 saturated heterocycles. The first-order valence-corrected chi connectivity index (χ1v) is 8.85. The minimum Gasteiger partial charge on any atom is -0.310 e. The Bertz CT molecular complexity index is 433. The summed E-state index contributed by atoms with van der Waals surface area (Å²) in [6.45, 7) is 7.09. The SMILES string of the molecule is CCNC(CCN1CC2CCCC2C1)c1ccc(Cl)cc1. The summed E-state index contributed by atoms with van der Waals surface area (Å²) in [6.07, 6.45) is 5.59. The second-order valence-corrected chi connectivity index (χ2v) is 7.10. The molecule has 0 bridgehead atoms. The van der Waals surface area contributed by atoms with Crippen LogP contribution in [0.3, 0.4) is 0 Å². The molecule has 1 aliphatic carbocycles. The lowest BCUT2D eigenvalue weighted by atomic mass is 10.0. The van der Waals surface area contributed by atoms with E-state index >= 15 is 0 Å². The van der Waals surface area contributed by atoms with Gasteiger partial charge in [0.05, 0.1) is 0 Å². The van der Waals surface area contributed by atoms with Crippen LogP contribution in [0.5, 0.6) is 0 Å². The van der Waals surface area contributed by atoms with Crippen molar-refractivity contribution in [2.24, 2.45) is 11.8 Å². The third-order valence-corrected chi connectivity index (χ3v) is 5.51. The predicted octanol–water partition coefficient (Wildman–Crippen LogP) is 4.11. The van der Waals surface area contributed by atoms with Gasteiger partial charge in [0.15, 0.2) is 0 Å². The van der Waals surface area contributed by atoms with E-state index in [1.54, 1.807) is 0 Å². The molecule has 1 aromatic rings. The lowest BCUT2D eigenvalue weighted by Gasteiger charge is -2.23. The highest BCUT2D eigenvalue weighted by Gasteiger charge is 2.35. The molecule has 3 rings (SSSR count). The molecule has 2 fully saturated rings. The molecule has 2 aliphatic rings. The zero-order chi connectivity index (χ0) is 14.7. The van der Waals surface area contributed by atoms with Crippen molar-refractivity contribution in [3.8, 4) is 0 Å². The molecule has 1 N–H and O–H groups in total. The van der Waals surface area contributed by atoms with Crippen LogP contribution in [0.25, 0.3) is 0 Å². The summed E-state index contributed by atoms with van der Waals surface area (Å²) in [7, 11) is 0. The number of benzene rings is 1. The van der Waals surface area contributed by atoms with Gasteiger partial charge in [0.25, 0.3) is 0 Å². The molecule has 0 radical (unpaired) electrons. The van der Waals surface area contributed by atoms with Crippen LogP contribution in [-0.2, 0) is 0 Å². The van der Waals surface area contributed by atoms with Crippen molar-refractivity contribution in [2.45, 2.75) is 38.6 Å². The second-order valence-electron chi connectivity index (χ2n) is 6.66. The first-order valence-electron chi connectivity index (χ1n) is 8.47. The number of halogens is 1. The molecule has 116 valence electrons. The Morgan fingerprint density at radius 3 is 2.48 bits per heavy atom. The van der Waals surface area contributed by atoms with Crippen molar-refractivity contribution >= 4 is 11.6 Å². The zero-order valence-electron chi connectivity index (χ0n) is 13.0. The van der Waals surface area contributed by atoms with Crippen molar-refractivity contribution in [3.05, 3.63) is 34.9 Å². The highest BCUT2D eigenvalue weighted by atomic mass is 35.5. The van der Waals surface area contributed by atoms with Crippen LogP contribution in [-0.4, -0.2) is 31.1 Å². The second kappa shape index (κ2) is 7.13. The van der Waals surface area contributed by atoms with E-state index in [9.17, 15) is 0 Å². The molecule has 0 spiro atoms. The number of hydrogen-bond acceptors (Lipinski definition) is 2. The van der Waals surface area contributed by atoms with E-state index in [0.29, 0.717) is 6.04 Å². The highest BCUT2D eigenvalue weighted by molar-refractivity contribution is 6.30. The Morgan fingerprint density at radius 1 is 1.19 bits per heavy atom. The third-order valence-electron chi connectivity index (χ3n) is 5.26. The van der Waals surface area contributed by atoms with E-state index in [1.165, 1.54) is 50.9 Å². The Hall–Kier alpha value is -0.570. The third kappa shape index (κ3) is 3.80. The number of rotatable bonds is 6. The number of nitrogens with zero attached hydrogens (tertiary/aromatic N) is 1. The van der Waals surface area contributed by atoms with E-state index in [0.717, 1.165) is 23.4 Å². The highest BCUT2D eigenvalue weighted by Crippen LogP contribution is 2.37. The summed E-state index contributed by atoms with van der Waals surface area (Å²) in [4.78, 5) is 2.69. The maximum absolute atomic E-state index is 6.00. The van der Waals surface area contributed by atoms with Crippen LogP contribution in [0, 0.1) is 11.8 Å². The maximum atomic E-state index is 6.00. The summed E-state index contributed by atoms with van der Waals surface area (Å²) in [5, 5.41) is 4.44. The molecule has 0 aromatic heterocycles. The standard InChI is InChI=1S/C18H27ClN2/c1-2-20-18(14-6-8-17(19)9-7-14)10-11-21-12-15-4-3-5-16(15)13-21/h6-9,15-16,18,20H,2-5,10-13H2,1H3. The number of fused-ring (bicyclic) bond motifs is 1. The molecule has 21 heavy (non-hydrogen) atoms. The summed E-state index contributed by atoms with van der Waals surface area (Å²) in [5.41, 5.74) is 1.36. The van der Waals surface area contributed by atoms with E-state index < -0.39 is 0 Å². The van der Waals surface area contributed by atoms with Crippen molar-refractivity contribution in [2.75, 3.05) is 26.2 Å². The largest absolute Gasteiger partial charge is 0.310 e. The Kier molecular flexibility index (Phi) is 5.20. The smallest absolute Gasteiger partial charge is 0.0406 e. The van der Waals surface area contributed by atoms with Crippen LogP contribution in [0.1, 0.15) is 44.2 Å². The molecule has 1 heterocycles. The van der Waals surface area contributed by atoms with Gasteiger partial charge in [-0.15, -0.1) is 0 Å². The zero-order valence-corrected chi connectivity index (χ0v) is 13.8. The molecule has 1 aromatic carbocycles. The lowest BCUT2D eigenvalue weighted by Crippen LogP contribution is -2.28. The van der Waals surface area contributed by atoms with Gasteiger partial charge in [-0.25, -0.2) is 0 Å². The normalized spacial score (nSPS) is 27.0. The summed E-state index contributed by atoms with van der Waals surface area (Å²) in [5.74, 6) is 2.00. The molecule has 1 saturated carbocycles. The van der Waals surface area contributed by atoms with Crippen LogP contribution < -0.4 is 5.32 Å². The summed E-state index contributed by atoms with van der Waals surface area (Å²) >= 11 is 6.00. The minimum absolute atomic E-state index is 0.452. The number of nitrogens with one attached hydrogen (secondary N) is 1. The average molecular weight is 307 g/mol. The van der Waals surface area contributed by atoms with Crippen LogP contribution in [0.2, 0.25) is 5.02 Å². The van der Waals surface area contributed by atoms with Gasteiger partial charge in [0, 0.05) is 24.2 Å². The Morgan fingerprint density at radius 2 is 1.86 bits per heavy atom. The number of hydrogen-bond donors (Lipinski definition) is 1. The lowest BCUT2D eigenvalue weighted by molar-refractivity contribution is 0.289. The fraction of sp³-hybridized carbons (Fsp3) is 0.667. The summed E-state index contributed by atoms with van der Waals surface area (Å²) < 4.78 is 0. The van der Waals surface area contributed by atoms with Gasteiger partial charge in [-0.2, -0.15) is 0 Å². The predicted molar refractivity (Wildman–Crippen MR) is 89.8 cm³/mol. The maximum Gasteiger partial charge on any atom is 0.0406 e. The topological polar surface area (TPSA) is 15.3 Å². The average Bonchev–Trinajstić information content (AvgIpc) is 3.05. The monoisotopic (exact) mass is 306 g/mol. The van der Waals surface area contributed by atoms with Gasteiger partial charge in [-0.3, -0.25) is 0 Å². The minimum atomic E-state index is 0.452. The van der Waals surface area contributed by atoms with Crippen LogP contribution >= 0.6 is 11.6 Å². The summed E-state index contributed by atoms with van der Waals surface area (Å²) in [6, 6.07) is 8.78. The van der Waals surface area contributed by atoms with Crippen LogP contribution in [0.4, 0.5) is 0 Å². The molecule has 3 unspecified atom stereocenters. The van der Waals surface area contributed by atoms with Crippen molar-refractivity contribution in [1.29, 1.82) is 0 Å². The van der Waals surface area contributed by atoms with E-state index in [2.05, 4.69) is 29.3 Å². The Labute approximate surface area is 133 Å². The van der Waals surface area contributed by atoms with Gasteiger partial charge in [0.2, 0.25) is 0 Å². The van der Waals surface area contributed by atoms with Gasteiger partial charge < -0.3 is 10.2 Å². The fourth-order valence-corrected chi connectivity index (χ4v) is 4.28. The molecule has 0 amide bonds. The van der Waals surface area contributed by atoms with Crippen molar-refractivity contribution < 1.29 is 0 Å². The first-order chi connectivity index (χ1) is 10.3. The first kappa shape index (κ1) is 15.3. The fourth-order valence-electron chi connectivity index (χ4n) is 4.15. The Balaban J connectivity index is 1.54. The molecule has 3 atom stereocenters. The van der Waals surface area contributed by atoms with E-state index in [-0.39, 0.29) is 0 Å². The number of likely N-dealkylation sites (tertiary alicyclic amines) is 1. The van der Waals surface area contributed by atoms with Gasteiger partial charge >= 0.3 is 0 Å². The van der Waals surface area contributed by atoms with Gasteiger partial charge in [0.1, 0.15) is 0 Å². The van der Waals surface area contributed by atoms with E-state index in [4.69, 9.17) is 11.6 Å². The molecule has 3 heteroatoms. The van der Waals surface area contributed by atoms with E-state index in [1.807, 2.05) is 12.1 Å². The van der Waals surface area contributed by atoms with Crippen molar-refractivity contribution in [3.63, 3.8) is 0 Å². The van der Waals surface area contributed by atoms with Crippen LogP contribution in [0.15, 0.2) is 24.3 Å². The van der Waals surface area contributed by atoms with Crippen molar-refractivity contribution in [1.82, 2.24) is 10.2 Å².